The number of nitrogens with zero attached hydrogens (tertiary/aromatic N) is 5. The maximum atomic E-state index is 13.5. The number of fused-ring (bicyclic) bond motifs is 2. The summed E-state index contributed by atoms with van der Waals surface area (Å²) in [7, 11) is -1.19. The van der Waals surface area contributed by atoms with Crippen LogP contribution in [0.1, 0.15) is 31.1 Å². The van der Waals surface area contributed by atoms with Crippen molar-refractivity contribution in [1.82, 2.24) is 24.0 Å². The molecule has 0 atom stereocenters. The van der Waals surface area contributed by atoms with E-state index < -0.39 is 13.5 Å². The standard InChI is InChI=1S/C31H43N5O3Si/c1-31(2,3)29(37)25-21-36(22-39-17-18-40(4,5)6)30-28(25)33-26(19-32-30)24-20-35(27-10-8-7-9-23(24)27)12-11-34-13-15-38-16-14-34/h7-10,19-21H,11-18,22H2,1-6H3. The van der Waals surface area contributed by atoms with Crippen LogP contribution in [0.3, 0.4) is 0 Å². The second-order valence-corrected chi connectivity index (χ2v) is 18.7. The summed E-state index contributed by atoms with van der Waals surface area (Å²) in [5.41, 5.74) is 4.35. The molecule has 0 radical (unpaired) electrons. The molecule has 1 fully saturated rings. The molecule has 1 saturated heterocycles. The summed E-state index contributed by atoms with van der Waals surface area (Å²) in [6, 6.07) is 9.53. The molecule has 0 spiro atoms. The van der Waals surface area contributed by atoms with Gasteiger partial charge < -0.3 is 18.6 Å². The van der Waals surface area contributed by atoms with Gasteiger partial charge in [-0.3, -0.25) is 9.69 Å². The monoisotopic (exact) mass is 561 g/mol. The molecule has 1 aliphatic rings. The Hall–Kier alpha value is -2.85. The molecule has 40 heavy (non-hydrogen) atoms. The summed E-state index contributed by atoms with van der Waals surface area (Å²) in [6.45, 7) is 19.3. The van der Waals surface area contributed by atoms with Crippen LogP contribution in [0.25, 0.3) is 33.3 Å². The second-order valence-electron chi connectivity index (χ2n) is 13.1. The maximum absolute atomic E-state index is 13.5. The minimum Gasteiger partial charge on any atom is -0.379 e. The molecule has 0 unspecified atom stereocenters. The van der Waals surface area contributed by atoms with Crippen LogP contribution in [0.4, 0.5) is 0 Å². The van der Waals surface area contributed by atoms with Gasteiger partial charge in [-0.25, -0.2) is 9.97 Å². The highest BCUT2D eigenvalue weighted by Gasteiger charge is 2.28. The Kier molecular flexibility index (Phi) is 8.29. The second kappa shape index (κ2) is 11.6. The molecular formula is C31H43N5O3Si. The van der Waals surface area contributed by atoms with E-state index in [0.717, 1.165) is 62.1 Å². The zero-order valence-corrected chi connectivity index (χ0v) is 25.9. The summed E-state index contributed by atoms with van der Waals surface area (Å²) in [4.78, 5) is 25.9. The van der Waals surface area contributed by atoms with Crippen molar-refractivity contribution in [2.24, 2.45) is 5.41 Å². The van der Waals surface area contributed by atoms with Crippen LogP contribution < -0.4 is 0 Å². The van der Waals surface area contributed by atoms with Crippen LogP contribution in [0.5, 0.6) is 0 Å². The zero-order valence-electron chi connectivity index (χ0n) is 24.9. The lowest BCUT2D eigenvalue weighted by Crippen LogP contribution is -2.38. The van der Waals surface area contributed by atoms with Gasteiger partial charge in [0.05, 0.1) is 30.7 Å². The van der Waals surface area contributed by atoms with Crippen LogP contribution in [0, 0.1) is 5.41 Å². The fraction of sp³-hybridized carbons (Fsp3) is 0.516. The number of hydrogen-bond donors (Lipinski definition) is 0. The molecule has 0 aliphatic carbocycles. The van der Waals surface area contributed by atoms with Gasteiger partial charge >= 0.3 is 0 Å². The predicted molar refractivity (Wildman–Crippen MR) is 164 cm³/mol. The van der Waals surface area contributed by atoms with Gasteiger partial charge in [-0.2, -0.15) is 0 Å². The van der Waals surface area contributed by atoms with E-state index in [1.54, 1.807) is 0 Å². The normalized spacial score (nSPS) is 15.3. The molecule has 4 heterocycles. The average molecular weight is 562 g/mol. The summed E-state index contributed by atoms with van der Waals surface area (Å²) >= 11 is 0. The molecule has 0 amide bonds. The first kappa shape index (κ1) is 28.7. The molecule has 1 aromatic carbocycles. The van der Waals surface area contributed by atoms with Crippen molar-refractivity contribution in [3.63, 3.8) is 0 Å². The van der Waals surface area contributed by atoms with Crippen molar-refractivity contribution >= 4 is 35.9 Å². The Morgan fingerprint density at radius 2 is 1.80 bits per heavy atom. The minimum absolute atomic E-state index is 0.0535. The Bertz CT molecular complexity index is 1490. The first-order valence-corrected chi connectivity index (χ1v) is 18.1. The number of aromatic nitrogens is 4. The lowest BCUT2D eigenvalue weighted by molar-refractivity contribution is 0.0365. The van der Waals surface area contributed by atoms with E-state index in [1.165, 1.54) is 5.52 Å². The highest BCUT2D eigenvalue weighted by molar-refractivity contribution is 6.76. The molecule has 3 aromatic heterocycles. The van der Waals surface area contributed by atoms with E-state index in [-0.39, 0.29) is 5.78 Å². The Balaban J connectivity index is 1.50. The number of ketones is 1. The SMILES string of the molecule is CC(C)(C)C(=O)c1cn(COCC[Si](C)(C)C)c2ncc(-c3cn(CCN4CCOCC4)c4ccccc34)nc12. The largest absolute Gasteiger partial charge is 0.379 e. The molecule has 1 aliphatic heterocycles. The van der Waals surface area contributed by atoms with Gasteiger partial charge in [-0.05, 0) is 12.1 Å². The Labute approximate surface area is 238 Å². The van der Waals surface area contributed by atoms with Crippen molar-refractivity contribution < 1.29 is 14.3 Å². The fourth-order valence-corrected chi connectivity index (χ4v) is 5.86. The third kappa shape index (κ3) is 6.38. The Morgan fingerprint density at radius 1 is 1.05 bits per heavy atom. The summed E-state index contributed by atoms with van der Waals surface area (Å²) < 4.78 is 15.8. The summed E-state index contributed by atoms with van der Waals surface area (Å²) in [5.74, 6) is 0.0535. The number of para-hydroxylation sites is 1. The molecule has 9 heteroatoms. The van der Waals surface area contributed by atoms with Gasteiger partial charge in [0.2, 0.25) is 0 Å². The van der Waals surface area contributed by atoms with Crippen molar-refractivity contribution in [3.8, 4) is 11.3 Å². The number of hydrogen-bond acceptors (Lipinski definition) is 6. The van der Waals surface area contributed by atoms with Gasteiger partial charge in [-0.15, -0.1) is 0 Å². The topological polar surface area (TPSA) is 74.4 Å². The molecule has 214 valence electrons. The van der Waals surface area contributed by atoms with Gasteiger partial charge in [0.15, 0.2) is 11.4 Å². The van der Waals surface area contributed by atoms with Crippen molar-refractivity contribution in [2.45, 2.75) is 59.7 Å². The van der Waals surface area contributed by atoms with E-state index >= 15 is 0 Å². The zero-order chi connectivity index (χ0) is 28.5. The smallest absolute Gasteiger partial charge is 0.171 e. The van der Waals surface area contributed by atoms with Crippen molar-refractivity contribution in [1.29, 1.82) is 0 Å². The van der Waals surface area contributed by atoms with Crippen LogP contribution in [-0.2, 0) is 22.7 Å². The van der Waals surface area contributed by atoms with Crippen LogP contribution in [0.2, 0.25) is 25.7 Å². The molecule has 0 saturated carbocycles. The van der Waals surface area contributed by atoms with Crippen molar-refractivity contribution in [2.75, 3.05) is 39.5 Å². The molecule has 0 N–H and O–H groups in total. The number of Topliss-reactive ketones (excluding diaryl/α,β-unsaturated/α-hetero) is 1. The predicted octanol–water partition coefficient (Wildman–Crippen LogP) is 5.93. The number of benzene rings is 1. The number of ether oxygens (including phenoxy) is 2. The average Bonchev–Trinajstić information content (AvgIpc) is 3.47. The first-order chi connectivity index (χ1) is 19.0. The van der Waals surface area contributed by atoms with Crippen LogP contribution in [-0.4, -0.2) is 77.3 Å². The third-order valence-corrected chi connectivity index (χ3v) is 9.25. The first-order valence-electron chi connectivity index (χ1n) is 14.4. The summed E-state index contributed by atoms with van der Waals surface area (Å²) in [6.07, 6.45) is 5.89. The summed E-state index contributed by atoms with van der Waals surface area (Å²) in [5, 5.41) is 1.14. The van der Waals surface area contributed by atoms with E-state index in [0.29, 0.717) is 30.1 Å². The highest BCUT2D eigenvalue weighted by Crippen LogP contribution is 2.32. The number of rotatable bonds is 10. The molecule has 0 bridgehead atoms. The van der Waals surface area contributed by atoms with Crippen molar-refractivity contribution in [3.05, 3.63) is 48.4 Å². The Morgan fingerprint density at radius 3 is 2.52 bits per heavy atom. The van der Waals surface area contributed by atoms with Gasteiger partial charge in [0.1, 0.15) is 12.2 Å². The number of carbonyl (C=O) groups is 1. The van der Waals surface area contributed by atoms with Crippen LogP contribution >= 0.6 is 0 Å². The van der Waals surface area contributed by atoms with E-state index in [2.05, 4.69) is 59.6 Å². The maximum Gasteiger partial charge on any atom is 0.171 e. The molecule has 8 nitrogen and oxygen atoms in total. The lowest BCUT2D eigenvalue weighted by Gasteiger charge is -2.26. The van der Waals surface area contributed by atoms with E-state index in [1.807, 2.05) is 37.7 Å². The molecule has 5 rings (SSSR count). The number of morpholine rings is 1. The number of carbonyl (C=O) groups excluding carboxylic acids is 1. The van der Waals surface area contributed by atoms with E-state index in [4.69, 9.17) is 19.4 Å². The molecule has 4 aromatic rings. The quantitative estimate of drug-likeness (QED) is 0.136. The highest BCUT2D eigenvalue weighted by atomic mass is 28.3. The lowest BCUT2D eigenvalue weighted by atomic mass is 9.87. The molecular weight excluding hydrogens is 518 g/mol. The van der Waals surface area contributed by atoms with E-state index in [9.17, 15) is 4.79 Å². The fourth-order valence-electron chi connectivity index (χ4n) is 5.10. The van der Waals surface area contributed by atoms with Gasteiger partial charge in [0, 0.05) is 75.1 Å². The third-order valence-electron chi connectivity index (χ3n) is 7.54. The van der Waals surface area contributed by atoms with Gasteiger partial charge in [0.25, 0.3) is 0 Å². The van der Waals surface area contributed by atoms with Gasteiger partial charge in [-0.1, -0.05) is 58.6 Å². The van der Waals surface area contributed by atoms with Crippen LogP contribution in [0.15, 0.2) is 42.9 Å². The minimum atomic E-state index is -1.19.